The summed E-state index contributed by atoms with van der Waals surface area (Å²) in [5.74, 6) is -0.948. The Bertz CT molecular complexity index is 482. The summed E-state index contributed by atoms with van der Waals surface area (Å²) in [5.41, 5.74) is 4.93. The van der Waals surface area contributed by atoms with Crippen molar-refractivity contribution < 1.29 is 13.9 Å². The van der Waals surface area contributed by atoms with Crippen LogP contribution in [0, 0.1) is 5.82 Å². The van der Waals surface area contributed by atoms with E-state index in [1.54, 1.807) is 12.1 Å². The van der Waals surface area contributed by atoms with Crippen LogP contribution in [0.15, 0.2) is 24.3 Å². The zero-order valence-corrected chi connectivity index (χ0v) is 12.4. The van der Waals surface area contributed by atoms with Gasteiger partial charge in [0.1, 0.15) is 0 Å². The number of hydrogen-bond donors (Lipinski definition) is 3. The van der Waals surface area contributed by atoms with Crippen LogP contribution in [0.2, 0.25) is 0 Å². The minimum absolute atomic E-state index is 0.0260. The molecule has 110 valence electrons. The molecule has 1 aromatic carbocycles. The fourth-order valence-corrected chi connectivity index (χ4v) is 1.59. The van der Waals surface area contributed by atoms with Crippen molar-refractivity contribution in [1.82, 2.24) is 16.2 Å². The number of amides is 1. The van der Waals surface area contributed by atoms with Gasteiger partial charge in [0.15, 0.2) is 22.8 Å². The predicted molar refractivity (Wildman–Crippen MR) is 78.6 cm³/mol. The second kappa shape index (κ2) is 7.64. The first-order valence-electron chi connectivity index (χ1n) is 6.17. The molecule has 0 saturated carbocycles. The summed E-state index contributed by atoms with van der Waals surface area (Å²) in [4.78, 5) is 11.7. The van der Waals surface area contributed by atoms with Crippen LogP contribution in [-0.2, 0) is 4.79 Å². The molecule has 1 aromatic rings. The number of hydrogen-bond acceptors (Lipinski definition) is 3. The molecule has 0 aliphatic rings. The Morgan fingerprint density at radius 1 is 1.25 bits per heavy atom. The Kier molecular flexibility index (Phi) is 6.17. The quantitative estimate of drug-likeness (QED) is 0.581. The van der Waals surface area contributed by atoms with Crippen LogP contribution in [0.5, 0.6) is 5.75 Å². The van der Waals surface area contributed by atoms with Crippen LogP contribution in [0.4, 0.5) is 4.39 Å². The van der Waals surface area contributed by atoms with Crippen molar-refractivity contribution in [1.29, 1.82) is 0 Å². The van der Waals surface area contributed by atoms with Crippen molar-refractivity contribution in [2.45, 2.75) is 32.9 Å². The molecule has 0 aliphatic carbocycles. The van der Waals surface area contributed by atoms with Gasteiger partial charge in [0, 0.05) is 6.04 Å². The number of carbonyl (C=O) groups excluding carboxylic acids is 1. The maximum Gasteiger partial charge on any atom is 0.279 e. The van der Waals surface area contributed by atoms with Crippen LogP contribution in [0.25, 0.3) is 0 Å². The number of ether oxygens (including phenoxy) is 1. The van der Waals surface area contributed by atoms with E-state index < -0.39 is 17.8 Å². The van der Waals surface area contributed by atoms with E-state index in [0.29, 0.717) is 5.11 Å². The van der Waals surface area contributed by atoms with E-state index in [2.05, 4.69) is 16.2 Å². The first kappa shape index (κ1) is 16.2. The van der Waals surface area contributed by atoms with Crippen molar-refractivity contribution >= 4 is 23.2 Å². The Morgan fingerprint density at radius 2 is 1.90 bits per heavy atom. The molecule has 20 heavy (non-hydrogen) atoms. The first-order valence-corrected chi connectivity index (χ1v) is 6.58. The molecule has 0 aliphatic heterocycles. The summed E-state index contributed by atoms with van der Waals surface area (Å²) in [6, 6.07) is 6.05. The first-order chi connectivity index (χ1) is 9.40. The molecular weight excluding hydrogens is 281 g/mol. The van der Waals surface area contributed by atoms with E-state index in [-0.39, 0.29) is 11.8 Å². The van der Waals surface area contributed by atoms with Crippen molar-refractivity contribution in [3.05, 3.63) is 30.1 Å². The SMILES string of the molecule is CC(C)NC(=S)NNC(=O)[C@@H](C)Oc1ccccc1F. The number of hydrazine groups is 1. The van der Waals surface area contributed by atoms with E-state index in [9.17, 15) is 9.18 Å². The van der Waals surface area contributed by atoms with Crippen molar-refractivity contribution in [3.8, 4) is 5.75 Å². The van der Waals surface area contributed by atoms with Crippen molar-refractivity contribution in [2.75, 3.05) is 0 Å². The molecular formula is C13H18FN3O2S. The smallest absolute Gasteiger partial charge is 0.279 e. The van der Waals surface area contributed by atoms with E-state index in [1.165, 1.54) is 19.1 Å². The third kappa shape index (κ3) is 5.40. The third-order valence-electron chi connectivity index (χ3n) is 2.23. The fraction of sp³-hybridized carbons (Fsp3) is 0.385. The second-order valence-electron chi connectivity index (χ2n) is 4.43. The van der Waals surface area contributed by atoms with Gasteiger partial charge in [-0.2, -0.15) is 0 Å². The van der Waals surface area contributed by atoms with Gasteiger partial charge in [-0.15, -0.1) is 0 Å². The molecule has 0 aromatic heterocycles. The maximum atomic E-state index is 13.4. The van der Waals surface area contributed by atoms with Crippen LogP contribution < -0.4 is 20.9 Å². The Labute approximate surface area is 122 Å². The van der Waals surface area contributed by atoms with Gasteiger partial charge in [0.2, 0.25) is 0 Å². The number of thiocarbonyl (C=S) groups is 1. The summed E-state index contributed by atoms with van der Waals surface area (Å²) in [6.45, 7) is 5.35. The molecule has 1 rings (SSSR count). The van der Waals surface area contributed by atoms with E-state index in [4.69, 9.17) is 17.0 Å². The molecule has 0 radical (unpaired) electrons. The van der Waals surface area contributed by atoms with E-state index in [1.807, 2.05) is 13.8 Å². The number of halogens is 1. The van der Waals surface area contributed by atoms with E-state index >= 15 is 0 Å². The number of carbonyl (C=O) groups is 1. The van der Waals surface area contributed by atoms with Gasteiger partial charge in [-0.05, 0) is 45.1 Å². The number of para-hydroxylation sites is 1. The summed E-state index contributed by atoms with van der Waals surface area (Å²) in [5, 5.41) is 3.20. The monoisotopic (exact) mass is 299 g/mol. The Morgan fingerprint density at radius 3 is 2.50 bits per heavy atom. The predicted octanol–water partition coefficient (Wildman–Crippen LogP) is 1.50. The number of benzene rings is 1. The molecule has 0 unspecified atom stereocenters. The summed E-state index contributed by atoms with van der Waals surface area (Å²) in [7, 11) is 0. The average Bonchev–Trinajstić information content (AvgIpc) is 2.37. The van der Waals surface area contributed by atoms with Gasteiger partial charge in [-0.25, -0.2) is 4.39 Å². The standard InChI is InChI=1S/C13H18FN3O2S/c1-8(2)15-13(20)17-16-12(18)9(3)19-11-7-5-4-6-10(11)14/h4-9H,1-3H3,(H,16,18)(H2,15,17,20)/t9-/m1/s1. The molecule has 3 N–H and O–H groups in total. The lowest BCUT2D eigenvalue weighted by Gasteiger charge is -2.17. The van der Waals surface area contributed by atoms with Gasteiger partial charge < -0.3 is 10.1 Å². The minimum atomic E-state index is -0.860. The third-order valence-corrected chi connectivity index (χ3v) is 2.45. The number of nitrogens with one attached hydrogen (secondary N) is 3. The van der Waals surface area contributed by atoms with Gasteiger partial charge in [0.25, 0.3) is 5.91 Å². The van der Waals surface area contributed by atoms with Gasteiger partial charge in [0.05, 0.1) is 0 Å². The number of rotatable bonds is 4. The van der Waals surface area contributed by atoms with Crippen LogP contribution >= 0.6 is 12.2 Å². The zero-order chi connectivity index (χ0) is 15.1. The highest BCUT2D eigenvalue weighted by molar-refractivity contribution is 7.80. The van der Waals surface area contributed by atoms with Crippen molar-refractivity contribution in [2.24, 2.45) is 0 Å². The van der Waals surface area contributed by atoms with Crippen molar-refractivity contribution in [3.63, 3.8) is 0 Å². The largest absolute Gasteiger partial charge is 0.478 e. The highest BCUT2D eigenvalue weighted by Gasteiger charge is 2.16. The normalized spacial score (nSPS) is 11.7. The second-order valence-corrected chi connectivity index (χ2v) is 4.84. The van der Waals surface area contributed by atoms with Gasteiger partial charge in [-0.3, -0.25) is 15.6 Å². The average molecular weight is 299 g/mol. The fourth-order valence-electron chi connectivity index (χ4n) is 1.30. The molecule has 0 bridgehead atoms. The molecule has 1 atom stereocenters. The van der Waals surface area contributed by atoms with Crippen LogP contribution in [0.1, 0.15) is 20.8 Å². The Balaban J connectivity index is 2.44. The van der Waals surface area contributed by atoms with Gasteiger partial charge in [-0.1, -0.05) is 12.1 Å². The summed E-state index contributed by atoms with van der Waals surface area (Å²) >= 11 is 4.95. The lowest BCUT2D eigenvalue weighted by Crippen LogP contribution is -2.51. The Hall–Kier alpha value is -1.89. The molecule has 5 nitrogen and oxygen atoms in total. The molecule has 0 fully saturated rings. The molecule has 0 spiro atoms. The highest BCUT2D eigenvalue weighted by Crippen LogP contribution is 2.16. The van der Waals surface area contributed by atoms with Crippen LogP contribution in [0.3, 0.4) is 0 Å². The van der Waals surface area contributed by atoms with Gasteiger partial charge >= 0.3 is 0 Å². The molecule has 0 heterocycles. The van der Waals surface area contributed by atoms with Crippen LogP contribution in [-0.4, -0.2) is 23.2 Å². The molecule has 1 amide bonds. The summed E-state index contributed by atoms with van der Waals surface area (Å²) in [6.07, 6.45) is -0.860. The van der Waals surface area contributed by atoms with E-state index in [0.717, 1.165) is 0 Å². The molecule has 0 saturated heterocycles. The maximum absolute atomic E-state index is 13.4. The molecule has 7 heteroatoms. The zero-order valence-electron chi connectivity index (χ0n) is 11.6. The lowest BCUT2D eigenvalue weighted by molar-refractivity contribution is -0.127. The lowest BCUT2D eigenvalue weighted by atomic mass is 10.3. The summed E-state index contributed by atoms with van der Waals surface area (Å²) < 4.78 is 18.6. The topological polar surface area (TPSA) is 62.4 Å². The highest BCUT2D eigenvalue weighted by atomic mass is 32.1. The minimum Gasteiger partial charge on any atom is -0.478 e.